The summed E-state index contributed by atoms with van der Waals surface area (Å²) in [7, 11) is 0. The monoisotopic (exact) mass is 261 g/mol. The molecule has 0 bridgehead atoms. The minimum atomic E-state index is 0.720. The first-order valence-electron chi connectivity index (χ1n) is 4.63. The summed E-state index contributed by atoms with van der Waals surface area (Å²) in [5, 5.41) is 0. The molecule has 2 aromatic carbocycles. The molecule has 0 aliphatic carbocycles. The SMILES string of the molecule is O=Cc1cccc([Se])c1-c1ccccc1. The molecule has 0 heterocycles. The molecule has 0 aromatic heterocycles. The van der Waals surface area contributed by atoms with Crippen LogP contribution in [0.1, 0.15) is 10.4 Å². The molecule has 0 saturated carbocycles. The van der Waals surface area contributed by atoms with Crippen molar-refractivity contribution in [3.05, 3.63) is 54.1 Å². The van der Waals surface area contributed by atoms with E-state index in [1.54, 1.807) is 0 Å². The van der Waals surface area contributed by atoms with E-state index in [1.165, 1.54) is 0 Å². The Kier molecular flexibility index (Phi) is 3.00. The molecule has 0 amide bonds. The van der Waals surface area contributed by atoms with Gasteiger partial charge in [-0.15, -0.1) is 0 Å². The summed E-state index contributed by atoms with van der Waals surface area (Å²) in [6.07, 6.45) is 0.892. The van der Waals surface area contributed by atoms with Crippen LogP contribution in [0.4, 0.5) is 0 Å². The predicted molar refractivity (Wildman–Crippen MR) is 62.7 cm³/mol. The first kappa shape index (κ1) is 10.2. The Morgan fingerprint density at radius 3 is 2.33 bits per heavy atom. The van der Waals surface area contributed by atoms with Crippen LogP contribution in [0.5, 0.6) is 0 Å². The molecule has 1 radical (unpaired) electrons. The number of rotatable bonds is 2. The van der Waals surface area contributed by atoms with Gasteiger partial charge in [-0.1, -0.05) is 0 Å². The van der Waals surface area contributed by atoms with Crippen LogP contribution in [0.2, 0.25) is 0 Å². The zero-order valence-corrected chi connectivity index (χ0v) is 9.73. The molecule has 0 aliphatic rings. The Balaban J connectivity index is 2.66. The standard InChI is InChI=1S/C13H9OSe/c14-9-11-7-4-8-12(15)13(11)10-5-2-1-3-6-10/h1-9H. The zero-order valence-electron chi connectivity index (χ0n) is 8.01. The molecular weight excluding hydrogens is 251 g/mol. The molecule has 15 heavy (non-hydrogen) atoms. The van der Waals surface area contributed by atoms with Gasteiger partial charge in [0.1, 0.15) is 0 Å². The van der Waals surface area contributed by atoms with Crippen LogP contribution in [0.3, 0.4) is 0 Å². The fraction of sp³-hybridized carbons (Fsp3) is 0. The Labute approximate surface area is 97.0 Å². The number of carbonyl (C=O) groups is 1. The molecule has 2 rings (SSSR count). The third-order valence-corrected chi connectivity index (χ3v) is 2.96. The van der Waals surface area contributed by atoms with Crippen molar-refractivity contribution in [3.63, 3.8) is 0 Å². The van der Waals surface area contributed by atoms with Gasteiger partial charge in [-0.05, 0) is 0 Å². The van der Waals surface area contributed by atoms with E-state index < -0.39 is 0 Å². The van der Waals surface area contributed by atoms with Crippen LogP contribution in [-0.4, -0.2) is 22.3 Å². The fourth-order valence-electron chi connectivity index (χ4n) is 1.56. The zero-order chi connectivity index (χ0) is 10.7. The quantitative estimate of drug-likeness (QED) is 0.596. The first-order chi connectivity index (χ1) is 7.33. The van der Waals surface area contributed by atoms with Crippen molar-refractivity contribution in [2.75, 3.05) is 0 Å². The van der Waals surface area contributed by atoms with Crippen LogP contribution < -0.4 is 4.46 Å². The van der Waals surface area contributed by atoms with Crippen LogP contribution in [0.25, 0.3) is 11.1 Å². The summed E-state index contributed by atoms with van der Waals surface area (Å²) < 4.78 is 1.01. The van der Waals surface area contributed by atoms with Crippen molar-refractivity contribution in [3.8, 4) is 11.1 Å². The summed E-state index contributed by atoms with van der Waals surface area (Å²) >= 11 is 2.98. The first-order valence-corrected chi connectivity index (χ1v) is 5.49. The third kappa shape index (κ3) is 2.01. The molecule has 0 unspecified atom stereocenters. The summed E-state index contributed by atoms with van der Waals surface area (Å²) in [6, 6.07) is 15.6. The summed E-state index contributed by atoms with van der Waals surface area (Å²) in [5.74, 6) is 0. The van der Waals surface area contributed by atoms with Crippen molar-refractivity contribution in [1.82, 2.24) is 0 Å². The van der Waals surface area contributed by atoms with Gasteiger partial charge in [0.2, 0.25) is 0 Å². The predicted octanol–water partition coefficient (Wildman–Crippen LogP) is 1.96. The van der Waals surface area contributed by atoms with E-state index in [0.717, 1.165) is 27.4 Å². The topological polar surface area (TPSA) is 17.1 Å². The Hall–Kier alpha value is -1.37. The van der Waals surface area contributed by atoms with Gasteiger partial charge in [-0.2, -0.15) is 0 Å². The van der Waals surface area contributed by atoms with Crippen LogP contribution >= 0.6 is 0 Å². The molecule has 0 spiro atoms. The van der Waals surface area contributed by atoms with Crippen molar-refractivity contribution >= 4 is 26.8 Å². The van der Waals surface area contributed by atoms with Crippen molar-refractivity contribution in [1.29, 1.82) is 0 Å². The minimum absolute atomic E-state index is 0.720. The van der Waals surface area contributed by atoms with Gasteiger partial charge in [0.25, 0.3) is 0 Å². The molecule has 2 aromatic rings. The molecule has 73 valence electrons. The molecule has 0 fully saturated rings. The van der Waals surface area contributed by atoms with E-state index in [-0.39, 0.29) is 0 Å². The van der Waals surface area contributed by atoms with Gasteiger partial charge in [-0.25, -0.2) is 0 Å². The second-order valence-corrected chi connectivity index (χ2v) is 4.13. The number of benzene rings is 2. The second kappa shape index (κ2) is 4.43. The molecule has 0 aliphatic heterocycles. The van der Waals surface area contributed by atoms with Crippen LogP contribution in [0.15, 0.2) is 48.5 Å². The second-order valence-electron chi connectivity index (χ2n) is 3.20. The van der Waals surface area contributed by atoms with E-state index in [9.17, 15) is 4.79 Å². The molecule has 0 N–H and O–H groups in total. The number of hydrogen-bond acceptors (Lipinski definition) is 1. The van der Waals surface area contributed by atoms with Crippen molar-refractivity contribution in [2.45, 2.75) is 0 Å². The van der Waals surface area contributed by atoms with Crippen molar-refractivity contribution < 1.29 is 4.79 Å². The Morgan fingerprint density at radius 2 is 1.67 bits per heavy atom. The number of aldehydes is 1. The van der Waals surface area contributed by atoms with E-state index in [0.29, 0.717) is 0 Å². The molecule has 2 heteroatoms. The number of carbonyl (C=O) groups excluding carboxylic acids is 1. The molecule has 1 nitrogen and oxygen atoms in total. The maximum atomic E-state index is 10.9. The average molecular weight is 260 g/mol. The van der Waals surface area contributed by atoms with E-state index in [1.807, 2.05) is 48.5 Å². The summed E-state index contributed by atoms with van der Waals surface area (Å²) in [6.45, 7) is 0. The number of hydrogen-bond donors (Lipinski definition) is 0. The van der Waals surface area contributed by atoms with Gasteiger partial charge in [0, 0.05) is 0 Å². The van der Waals surface area contributed by atoms with E-state index >= 15 is 0 Å². The third-order valence-electron chi connectivity index (χ3n) is 2.25. The Morgan fingerprint density at radius 1 is 0.933 bits per heavy atom. The molecule has 0 saturated heterocycles. The van der Waals surface area contributed by atoms with Gasteiger partial charge < -0.3 is 0 Å². The molecule has 0 atom stereocenters. The van der Waals surface area contributed by atoms with Crippen molar-refractivity contribution in [2.24, 2.45) is 0 Å². The fourth-order valence-corrected chi connectivity index (χ4v) is 2.22. The van der Waals surface area contributed by atoms with E-state index in [4.69, 9.17) is 0 Å². The van der Waals surface area contributed by atoms with Gasteiger partial charge in [-0.3, -0.25) is 0 Å². The van der Waals surface area contributed by atoms with Gasteiger partial charge in [0.15, 0.2) is 0 Å². The normalized spacial score (nSPS) is 9.87. The van der Waals surface area contributed by atoms with Crippen LogP contribution in [0, 0.1) is 0 Å². The van der Waals surface area contributed by atoms with Gasteiger partial charge in [0.05, 0.1) is 0 Å². The summed E-state index contributed by atoms with van der Waals surface area (Å²) in [5.41, 5.74) is 2.76. The maximum absolute atomic E-state index is 10.9. The summed E-state index contributed by atoms with van der Waals surface area (Å²) in [4.78, 5) is 10.9. The Bertz CT molecular complexity index is 477. The molecular formula is C13H9OSe. The van der Waals surface area contributed by atoms with Crippen LogP contribution in [-0.2, 0) is 0 Å². The average Bonchev–Trinajstić information content (AvgIpc) is 2.29. The van der Waals surface area contributed by atoms with Gasteiger partial charge >= 0.3 is 96.8 Å². The van der Waals surface area contributed by atoms with E-state index in [2.05, 4.69) is 16.0 Å².